The van der Waals surface area contributed by atoms with Crippen molar-refractivity contribution in [3.63, 3.8) is 0 Å². The lowest BCUT2D eigenvalue weighted by atomic mass is 10.0. The number of para-hydroxylation sites is 1. The van der Waals surface area contributed by atoms with Crippen molar-refractivity contribution < 1.29 is 14.3 Å². The molecule has 0 aromatic heterocycles. The van der Waals surface area contributed by atoms with E-state index in [0.717, 1.165) is 22.4 Å². The second-order valence-corrected chi connectivity index (χ2v) is 9.62. The zero-order chi connectivity index (χ0) is 25.8. The van der Waals surface area contributed by atoms with Crippen LogP contribution in [0.5, 0.6) is 5.75 Å². The lowest BCUT2D eigenvalue weighted by Crippen LogP contribution is -2.51. The fourth-order valence-corrected chi connectivity index (χ4v) is 3.94. The molecule has 3 aromatic carbocycles. The largest absolute Gasteiger partial charge is 0.494 e. The maximum Gasteiger partial charge on any atom is 0.243 e. The summed E-state index contributed by atoms with van der Waals surface area (Å²) in [5.74, 6) is 0.945. The zero-order valence-electron chi connectivity index (χ0n) is 21.7. The molecule has 36 heavy (non-hydrogen) atoms. The number of hydrogen-bond donors (Lipinski definition) is 1. The third-order valence-electron chi connectivity index (χ3n) is 5.98. The average molecular weight is 487 g/mol. The number of carbonyl (C=O) groups is 2. The Hall–Kier alpha value is -3.60. The molecule has 0 saturated heterocycles. The van der Waals surface area contributed by atoms with Crippen LogP contribution in [0.3, 0.4) is 0 Å². The molecule has 5 nitrogen and oxygen atoms in total. The Morgan fingerprint density at radius 3 is 2.14 bits per heavy atom. The molecule has 1 atom stereocenters. The summed E-state index contributed by atoms with van der Waals surface area (Å²) < 4.78 is 5.79. The number of nitrogens with zero attached hydrogens (tertiary/aromatic N) is 1. The topological polar surface area (TPSA) is 58.6 Å². The fourth-order valence-electron chi connectivity index (χ4n) is 3.94. The molecule has 0 heterocycles. The lowest BCUT2D eigenvalue weighted by molar-refractivity contribution is -0.141. The lowest BCUT2D eigenvalue weighted by Gasteiger charge is -2.32. The molecule has 0 fully saturated rings. The van der Waals surface area contributed by atoms with E-state index in [9.17, 15) is 9.59 Å². The molecule has 0 unspecified atom stereocenters. The second-order valence-electron chi connectivity index (χ2n) is 9.62. The molecule has 0 saturated carbocycles. The first-order valence-corrected chi connectivity index (χ1v) is 12.8. The third-order valence-corrected chi connectivity index (χ3v) is 5.98. The second kappa shape index (κ2) is 14.1. The Morgan fingerprint density at radius 1 is 0.861 bits per heavy atom. The van der Waals surface area contributed by atoms with Gasteiger partial charge in [-0.2, -0.15) is 0 Å². The van der Waals surface area contributed by atoms with Gasteiger partial charge in [0, 0.05) is 25.9 Å². The van der Waals surface area contributed by atoms with Crippen LogP contribution in [0.25, 0.3) is 0 Å². The van der Waals surface area contributed by atoms with Crippen molar-refractivity contribution in [1.29, 1.82) is 0 Å². The first-order valence-electron chi connectivity index (χ1n) is 12.8. The van der Waals surface area contributed by atoms with Gasteiger partial charge < -0.3 is 15.0 Å². The quantitative estimate of drug-likeness (QED) is 0.322. The molecule has 5 heteroatoms. The Bertz CT molecular complexity index is 1070. The predicted octanol–water partition coefficient (Wildman–Crippen LogP) is 5.57. The Kier molecular flexibility index (Phi) is 10.6. The van der Waals surface area contributed by atoms with Gasteiger partial charge >= 0.3 is 0 Å². The van der Waals surface area contributed by atoms with Gasteiger partial charge in [-0.25, -0.2) is 0 Å². The number of benzene rings is 3. The Morgan fingerprint density at radius 2 is 1.50 bits per heavy atom. The van der Waals surface area contributed by atoms with Gasteiger partial charge in [-0.05, 0) is 42.5 Å². The van der Waals surface area contributed by atoms with Gasteiger partial charge in [0.15, 0.2) is 0 Å². The molecule has 190 valence electrons. The van der Waals surface area contributed by atoms with E-state index in [-0.39, 0.29) is 11.8 Å². The van der Waals surface area contributed by atoms with Gasteiger partial charge in [0.05, 0.1) is 6.61 Å². The fraction of sp³-hybridized carbons (Fsp3) is 0.355. The van der Waals surface area contributed by atoms with Gasteiger partial charge in [0.2, 0.25) is 11.8 Å². The molecule has 0 radical (unpaired) electrons. The molecule has 0 aliphatic heterocycles. The van der Waals surface area contributed by atoms with E-state index in [4.69, 9.17) is 4.74 Å². The molecule has 0 aliphatic rings. The van der Waals surface area contributed by atoms with Crippen LogP contribution in [0, 0.1) is 12.8 Å². The number of carbonyl (C=O) groups excluding carboxylic acids is 2. The van der Waals surface area contributed by atoms with Crippen molar-refractivity contribution in [2.24, 2.45) is 5.92 Å². The van der Waals surface area contributed by atoms with Gasteiger partial charge in [0.25, 0.3) is 0 Å². The normalized spacial score (nSPS) is 11.7. The first kappa shape index (κ1) is 27.0. The van der Waals surface area contributed by atoms with Crippen molar-refractivity contribution >= 4 is 11.8 Å². The first-order chi connectivity index (χ1) is 17.4. The van der Waals surface area contributed by atoms with Crippen LogP contribution in [0.4, 0.5) is 0 Å². The third kappa shape index (κ3) is 8.88. The molecule has 0 spiro atoms. The molecule has 3 rings (SSSR count). The minimum absolute atomic E-state index is 0.0483. The zero-order valence-corrected chi connectivity index (χ0v) is 21.7. The number of ether oxygens (including phenoxy) is 1. The molecular weight excluding hydrogens is 448 g/mol. The minimum Gasteiger partial charge on any atom is -0.494 e. The van der Waals surface area contributed by atoms with Crippen LogP contribution < -0.4 is 10.1 Å². The molecule has 0 bridgehead atoms. The van der Waals surface area contributed by atoms with Crippen molar-refractivity contribution in [2.75, 3.05) is 13.2 Å². The maximum absolute atomic E-state index is 13.6. The smallest absolute Gasteiger partial charge is 0.243 e. The molecule has 0 aliphatic carbocycles. The summed E-state index contributed by atoms with van der Waals surface area (Å²) in [5, 5.41) is 3.06. The SMILES string of the molecule is Cc1ccc(CN(C(=O)CCCOc2ccccc2)[C@H](Cc2ccccc2)C(=O)NCC(C)C)cc1. The standard InChI is InChI=1S/C31H38N2O3/c1-24(2)22-32-31(35)29(21-26-11-6-4-7-12-26)33(23-27-18-16-25(3)17-19-27)30(34)15-10-20-36-28-13-8-5-9-14-28/h4-9,11-14,16-19,24,29H,10,15,20-23H2,1-3H3,(H,32,35)/t29-/m1/s1. The number of hydrogen-bond acceptors (Lipinski definition) is 3. The highest BCUT2D eigenvalue weighted by Gasteiger charge is 2.30. The monoisotopic (exact) mass is 486 g/mol. The van der Waals surface area contributed by atoms with Crippen molar-refractivity contribution in [3.05, 3.63) is 102 Å². The van der Waals surface area contributed by atoms with E-state index < -0.39 is 6.04 Å². The van der Waals surface area contributed by atoms with E-state index in [2.05, 4.69) is 19.2 Å². The highest BCUT2D eigenvalue weighted by atomic mass is 16.5. The summed E-state index contributed by atoms with van der Waals surface area (Å²) in [7, 11) is 0. The van der Waals surface area contributed by atoms with Crippen molar-refractivity contribution in [2.45, 2.75) is 52.6 Å². The van der Waals surface area contributed by atoms with Crippen LogP contribution in [-0.4, -0.2) is 35.9 Å². The van der Waals surface area contributed by atoms with E-state index in [1.165, 1.54) is 0 Å². The van der Waals surface area contributed by atoms with Gasteiger partial charge in [-0.3, -0.25) is 9.59 Å². The van der Waals surface area contributed by atoms with Gasteiger partial charge in [0.1, 0.15) is 11.8 Å². The van der Waals surface area contributed by atoms with Gasteiger partial charge in [-0.15, -0.1) is 0 Å². The number of aryl methyl sites for hydroxylation is 1. The highest BCUT2D eigenvalue weighted by Crippen LogP contribution is 2.17. The van der Waals surface area contributed by atoms with Crippen LogP contribution in [-0.2, 0) is 22.6 Å². The van der Waals surface area contributed by atoms with Gasteiger partial charge in [-0.1, -0.05) is 92.2 Å². The van der Waals surface area contributed by atoms with Crippen molar-refractivity contribution in [1.82, 2.24) is 10.2 Å². The molecular formula is C31H38N2O3. The summed E-state index contributed by atoms with van der Waals surface area (Å²) in [4.78, 5) is 28.8. The van der Waals surface area contributed by atoms with Crippen LogP contribution in [0.2, 0.25) is 0 Å². The summed E-state index contributed by atoms with van der Waals surface area (Å²) in [5.41, 5.74) is 3.19. The minimum atomic E-state index is -0.602. The molecule has 1 N–H and O–H groups in total. The number of amides is 2. The molecule has 3 aromatic rings. The van der Waals surface area contributed by atoms with E-state index in [1.807, 2.05) is 91.9 Å². The Balaban J connectivity index is 1.78. The molecule has 2 amide bonds. The predicted molar refractivity (Wildman–Crippen MR) is 145 cm³/mol. The van der Waals surface area contributed by atoms with E-state index >= 15 is 0 Å². The van der Waals surface area contributed by atoms with Crippen LogP contribution in [0.15, 0.2) is 84.9 Å². The summed E-state index contributed by atoms with van der Waals surface area (Å²) in [6, 6.07) is 27.0. The van der Waals surface area contributed by atoms with Crippen LogP contribution >= 0.6 is 0 Å². The number of rotatable bonds is 13. The van der Waals surface area contributed by atoms with E-state index in [1.54, 1.807) is 4.90 Å². The number of nitrogens with one attached hydrogen (secondary N) is 1. The average Bonchev–Trinajstić information content (AvgIpc) is 2.89. The highest BCUT2D eigenvalue weighted by molar-refractivity contribution is 5.88. The summed E-state index contributed by atoms with van der Waals surface area (Å²) in [6.07, 6.45) is 1.34. The van der Waals surface area contributed by atoms with Crippen LogP contribution in [0.1, 0.15) is 43.4 Å². The van der Waals surface area contributed by atoms with Crippen molar-refractivity contribution in [3.8, 4) is 5.75 Å². The van der Waals surface area contributed by atoms with E-state index in [0.29, 0.717) is 44.9 Å². The summed E-state index contributed by atoms with van der Waals surface area (Å²) >= 11 is 0. The maximum atomic E-state index is 13.6. The summed E-state index contributed by atoms with van der Waals surface area (Å²) in [6.45, 7) is 7.56. The Labute approximate surface area is 215 Å².